The van der Waals surface area contributed by atoms with Crippen LogP contribution in [-0.2, 0) is 0 Å². The summed E-state index contributed by atoms with van der Waals surface area (Å²) >= 11 is 12.1. The van der Waals surface area contributed by atoms with Crippen molar-refractivity contribution in [3.8, 4) is 0 Å². The first-order valence-corrected chi connectivity index (χ1v) is 7.32. The number of benzene rings is 1. The molecule has 0 atom stereocenters. The Morgan fingerprint density at radius 2 is 1.80 bits per heavy atom. The lowest BCUT2D eigenvalue weighted by atomic mass is 10.2. The first kappa shape index (κ1) is 13.3. The molecule has 84 valence electrons. The van der Waals surface area contributed by atoms with E-state index in [0.717, 1.165) is 16.5 Å². The Morgan fingerprint density at radius 1 is 1.07 bits per heavy atom. The van der Waals surface area contributed by atoms with Crippen molar-refractivity contribution in [3.05, 3.63) is 29.3 Å². The van der Waals surface area contributed by atoms with Crippen LogP contribution in [0.2, 0.25) is 5.02 Å². The molecule has 0 saturated carbocycles. The molecule has 0 saturated heterocycles. The van der Waals surface area contributed by atoms with Crippen molar-refractivity contribution < 1.29 is 0 Å². The van der Waals surface area contributed by atoms with Gasteiger partial charge in [-0.3, -0.25) is 0 Å². The maximum Gasteiger partial charge on any atom is 0.0541 e. The molecular formula is C12H17ClS2. The fourth-order valence-electron chi connectivity index (χ4n) is 1.31. The van der Waals surface area contributed by atoms with Crippen LogP contribution < -0.4 is 0 Å². The largest absolute Gasteiger partial charge is 0.179 e. The van der Waals surface area contributed by atoms with Gasteiger partial charge in [-0.15, -0.1) is 11.8 Å². The van der Waals surface area contributed by atoms with E-state index in [1.807, 2.05) is 30.0 Å². The average molecular weight is 261 g/mol. The van der Waals surface area contributed by atoms with Crippen LogP contribution in [-0.4, -0.2) is 11.5 Å². The van der Waals surface area contributed by atoms with Gasteiger partial charge in [-0.25, -0.2) is 0 Å². The van der Waals surface area contributed by atoms with Crippen molar-refractivity contribution in [1.82, 2.24) is 0 Å². The summed E-state index contributed by atoms with van der Waals surface area (Å²) in [6, 6.07) is 8.04. The molecule has 1 aromatic rings. The van der Waals surface area contributed by atoms with Gasteiger partial charge in [0.1, 0.15) is 0 Å². The van der Waals surface area contributed by atoms with E-state index in [4.69, 9.17) is 11.6 Å². The Morgan fingerprint density at radius 3 is 2.53 bits per heavy atom. The third kappa shape index (κ3) is 5.74. The van der Waals surface area contributed by atoms with Crippen molar-refractivity contribution in [3.63, 3.8) is 0 Å². The molecule has 1 aromatic carbocycles. The topological polar surface area (TPSA) is 0 Å². The molecule has 0 amide bonds. The van der Waals surface area contributed by atoms with Crippen molar-refractivity contribution in [1.29, 1.82) is 0 Å². The monoisotopic (exact) mass is 260 g/mol. The third-order valence-corrected chi connectivity index (χ3v) is 4.06. The number of rotatable bonds is 7. The fourth-order valence-corrected chi connectivity index (χ4v) is 2.78. The van der Waals surface area contributed by atoms with Crippen LogP contribution >= 0.6 is 36.0 Å². The zero-order valence-corrected chi connectivity index (χ0v) is 11.3. The lowest BCUT2D eigenvalue weighted by Gasteiger charge is -2.03. The van der Waals surface area contributed by atoms with E-state index in [1.54, 1.807) is 0 Å². The lowest BCUT2D eigenvalue weighted by molar-refractivity contribution is 0.712. The molecule has 0 aliphatic rings. The Labute approximate surface area is 107 Å². The summed E-state index contributed by atoms with van der Waals surface area (Å²) in [5.41, 5.74) is 0. The molecule has 0 fully saturated rings. The Bertz CT molecular complexity index is 276. The van der Waals surface area contributed by atoms with Crippen molar-refractivity contribution in [2.75, 3.05) is 11.5 Å². The normalized spacial score (nSPS) is 10.5. The minimum atomic E-state index is 0.873. The summed E-state index contributed by atoms with van der Waals surface area (Å²) in [5, 5.41) is 0.873. The summed E-state index contributed by atoms with van der Waals surface area (Å²) in [6.07, 6.45) is 5.11. The fraction of sp³-hybridized carbons (Fsp3) is 0.500. The molecule has 0 bridgehead atoms. The number of halogens is 1. The standard InChI is InChI=1S/C12H17ClS2/c13-11-7-3-4-8-12(11)15-10-6-2-1-5-9-14/h3-4,7-8,14H,1-2,5-6,9-10H2. The van der Waals surface area contributed by atoms with E-state index in [2.05, 4.69) is 18.7 Å². The van der Waals surface area contributed by atoms with Gasteiger partial charge < -0.3 is 0 Å². The minimum absolute atomic E-state index is 0.873. The molecule has 0 radical (unpaired) electrons. The van der Waals surface area contributed by atoms with Crippen molar-refractivity contribution in [2.45, 2.75) is 30.6 Å². The minimum Gasteiger partial charge on any atom is -0.179 e. The number of thioether (sulfide) groups is 1. The summed E-state index contributed by atoms with van der Waals surface area (Å²) in [6.45, 7) is 0. The number of hydrogen-bond acceptors (Lipinski definition) is 2. The van der Waals surface area contributed by atoms with Crippen LogP contribution in [0.15, 0.2) is 29.2 Å². The quantitative estimate of drug-likeness (QED) is 0.412. The number of thiol groups is 1. The molecule has 0 unspecified atom stereocenters. The Kier molecular flexibility index (Phi) is 7.41. The van der Waals surface area contributed by atoms with E-state index in [1.165, 1.54) is 30.6 Å². The van der Waals surface area contributed by atoms with E-state index >= 15 is 0 Å². The van der Waals surface area contributed by atoms with Crippen LogP contribution in [0.5, 0.6) is 0 Å². The molecule has 0 heterocycles. The molecule has 0 spiro atoms. The van der Waals surface area contributed by atoms with Crippen LogP contribution in [0.3, 0.4) is 0 Å². The molecule has 0 nitrogen and oxygen atoms in total. The maximum absolute atomic E-state index is 6.06. The highest BCUT2D eigenvalue weighted by Gasteiger charge is 1.98. The van der Waals surface area contributed by atoms with Crippen LogP contribution in [0.25, 0.3) is 0 Å². The van der Waals surface area contributed by atoms with Crippen LogP contribution in [0.1, 0.15) is 25.7 Å². The van der Waals surface area contributed by atoms with E-state index < -0.39 is 0 Å². The van der Waals surface area contributed by atoms with Gasteiger partial charge in [0.2, 0.25) is 0 Å². The third-order valence-electron chi connectivity index (χ3n) is 2.15. The molecule has 15 heavy (non-hydrogen) atoms. The zero-order valence-electron chi connectivity index (χ0n) is 8.79. The van der Waals surface area contributed by atoms with Gasteiger partial charge in [0.05, 0.1) is 5.02 Å². The highest BCUT2D eigenvalue weighted by Crippen LogP contribution is 2.27. The summed E-state index contributed by atoms with van der Waals surface area (Å²) in [4.78, 5) is 1.20. The zero-order chi connectivity index (χ0) is 10.9. The molecule has 1 rings (SSSR count). The number of hydrogen-bond donors (Lipinski definition) is 1. The smallest absolute Gasteiger partial charge is 0.0541 e. The first-order valence-electron chi connectivity index (χ1n) is 5.33. The molecule has 3 heteroatoms. The second-order valence-electron chi connectivity index (χ2n) is 3.42. The molecular weight excluding hydrogens is 244 g/mol. The summed E-state index contributed by atoms with van der Waals surface area (Å²) < 4.78 is 0. The second kappa shape index (κ2) is 8.37. The SMILES string of the molecule is SCCCCCCSc1ccccc1Cl. The van der Waals surface area contributed by atoms with Crippen LogP contribution in [0, 0.1) is 0 Å². The molecule has 0 aliphatic carbocycles. The molecule has 0 aromatic heterocycles. The highest BCUT2D eigenvalue weighted by atomic mass is 35.5. The highest BCUT2D eigenvalue weighted by molar-refractivity contribution is 7.99. The first-order chi connectivity index (χ1) is 7.34. The van der Waals surface area contributed by atoms with Crippen molar-refractivity contribution in [2.24, 2.45) is 0 Å². The van der Waals surface area contributed by atoms with Crippen molar-refractivity contribution >= 4 is 36.0 Å². The van der Waals surface area contributed by atoms with Gasteiger partial charge >= 0.3 is 0 Å². The summed E-state index contributed by atoms with van der Waals surface area (Å²) in [7, 11) is 0. The van der Waals surface area contributed by atoms with Gasteiger partial charge in [0.15, 0.2) is 0 Å². The van der Waals surface area contributed by atoms with Gasteiger partial charge in [-0.2, -0.15) is 12.6 Å². The predicted molar refractivity (Wildman–Crippen MR) is 74.5 cm³/mol. The average Bonchev–Trinajstić information content (AvgIpc) is 2.25. The molecule has 0 N–H and O–H groups in total. The van der Waals surface area contributed by atoms with E-state index in [-0.39, 0.29) is 0 Å². The van der Waals surface area contributed by atoms with Gasteiger partial charge in [-0.05, 0) is 36.5 Å². The van der Waals surface area contributed by atoms with E-state index in [9.17, 15) is 0 Å². The van der Waals surface area contributed by atoms with Gasteiger partial charge in [-0.1, -0.05) is 36.6 Å². The van der Waals surface area contributed by atoms with Crippen LogP contribution in [0.4, 0.5) is 0 Å². The maximum atomic E-state index is 6.06. The molecule has 0 aliphatic heterocycles. The summed E-state index contributed by atoms with van der Waals surface area (Å²) in [5.74, 6) is 2.17. The van der Waals surface area contributed by atoms with E-state index in [0.29, 0.717) is 0 Å². The van der Waals surface area contributed by atoms with Gasteiger partial charge in [0.25, 0.3) is 0 Å². The number of unbranched alkanes of at least 4 members (excludes halogenated alkanes) is 3. The Balaban J connectivity index is 2.12. The lowest BCUT2D eigenvalue weighted by Crippen LogP contribution is -1.83. The Hall–Kier alpha value is 0.210. The second-order valence-corrected chi connectivity index (χ2v) is 5.41. The predicted octanol–water partition coefficient (Wildman–Crippen LogP) is 4.92. The van der Waals surface area contributed by atoms with Gasteiger partial charge in [0, 0.05) is 4.90 Å².